The Hall–Kier alpha value is -3.30. The van der Waals surface area contributed by atoms with Crippen LogP contribution in [0.25, 0.3) is 16.7 Å². The van der Waals surface area contributed by atoms with Crippen molar-refractivity contribution >= 4 is 46.0 Å². The summed E-state index contributed by atoms with van der Waals surface area (Å²) in [6.07, 6.45) is -4.77. The topological polar surface area (TPSA) is 66.1 Å². The van der Waals surface area contributed by atoms with Crippen LogP contribution in [0, 0.1) is 13.8 Å². The number of hydrogen-bond acceptors (Lipinski definition) is 4. The van der Waals surface area contributed by atoms with E-state index in [1.807, 2.05) is 0 Å². The average Bonchev–Trinajstić information content (AvgIpc) is 3.28. The first-order valence-electron chi connectivity index (χ1n) is 10.3. The van der Waals surface area contributed by atoms with Crippen LogP contribution in [-0.4, -0.2) is 32.5 Å². The molecule has 0 aliphatic rings. The van der Waals surface area contributed by atoms with Crippen LogP contribution in [0.5, 0.6) is 0 Å². The van der Waals surface area contributed by atoms with Crippen LogP contribution in [-0.2, 0) is 22.3 Å². The van der Waals surface area contributed by atoms with Crippen molar-refractivity contribution in [3.63, 3.8) is 0 Å². The van der Waals surface area contributed by atoms with E-state index >= 15 is 0 Å². The van der Waals surface area contributed by atoms with E-state index in [2.05, 4.69) is 4.98 Å². The molecule has 11 heteroatoms. The number of esters is 1. The molecule has 0 aliphatic carbocycles. The number of carbonyl (C=O) groups excluding carboxylic acids is 2. The second kappa shape index (κ2) is 9.39. The monoisotopic (exact) mass is 523 g/mol. The highest BCUT2D eigenvalue weighted by molar-refractivity contribution is 6.34. The van der Waals surface area contributed by atoms with Gasteiger partial charge in [-0.2, -0.15) is 13.2 Å². The molecule has 0 fully saturated rings. The number of halogens is 5. The number of carbonyl (C=O) groups is 2. The summed E-state index contributed by atoms with van der Waals surface area (Å²) in [5, 5.41) is 0.846. The molecule has 0 N–H and O–H groups in total. The fourth-order valence-corrected chi connectivity index (χ4v) is 4.48. The standard InChI is InChI=1S/C24H18Cl2F3N3O3/c1-13-7-18(14(2)32(13)17-9-15(25)8-16(26)10-17)21(33)12-35-22(34)11-31-20-6-4-3-5-19(20)30-23(31)24(27,28)29/h3-10H,11-12H2,1-2H3. The van der Waals surface area contributed by atoms with E-state index < -0.39 is 36.9 Å². The molecule has 0 unspecified atom stereocenters. The molecule has 0 aliphatic heterocycles. The van der Waals surface area contributed by atoms with Crippen molar-refractivity contribution in [1.29, 1.82) is 0 Å². The minimum Gasteiger partial charge on any atom is -0.456 e. The first-order chi connectivity index (χ1) is 16.5. The van der Waals surface area contributed by atoms with Crippen molar-refractivity contribution < 1.29 is 27.5 Å². The Labute approximate surface area is 207 Å². The zero-order valence-corrected chi connectivity index (χ0v) is 20.0. The van der Waals surface area contributed by atoms with E-state index in [1.165, 1.54) is 12.1 Å². The van der Waals surface area contributed by atoms with E-state index in [0.717, 1.165) is 10.3 Å². The minimum atomic E-state index is -4.77. The first-order valence-corrected chi connectivity index (χ1v) is 11.1. The number of nitrogens with zero attached hydrogens (tertiary/aromatic N) is 3. The lowest BCUT2D eigenvalue weighted by atomic mass is 10.1. The molecule has 0 saturated carbocycles. The molecule has 4 aromatic rings. The normalized spacial score (nSPS) is 11.7. The van der Waals surface area contributed by atoms with Crippen LogP contribution in [0.15, 0.2) is 48.5 Å². The second-order valence-corrected chi connectivity index (χ2v) is 8.71. The number of rotatable bonds is 6. The van der Waals surface area contributed by atoms with Crippen molar-refractivity contribution in [2.75, 3.05) is 6.61 Å². The maximum atomic E-state index is 13.4. The van der Waals surface area contributed by atoms with Crippen LogP contribution in [0.2, 0.25) is 10.0 Å². The van der Waals surface area contributed by atoms with Crippen LogP contribution < -0.4 is 0 Å². The molecule has 2 aromatic heterocycles. The third-order valence-corrected chi connectivity index (χ3v) is 5.83. The largest absolute Gasteiger partial charge is 0.456 e. The van der Waals surface area contributed by atoms with Gasteiger partial charge in [-0.1, -0.05) is 35.3 Å². The summed E-state index contributed by atoms with van der Waals surface area (Å²) in [5.41, 5.74) is 2.47. The highest BCUT2D eigenvalue weighted by Gasteiger charge is 2.38. The van der Waals surface area contributed by atoms with Gasteiger partial charge in [0.1, 0.15) is 6.54 Å². The molecule has 0 spiro atoms. The number of ether oxygens (including phenoxy) is 1. The molecule has 2 heterocycles. The molecule has 182 valence electrons. The first kappa shape index (κ1) is 24.8. The van der Waals surface area contributed by atoms with E-state index in [4.69, 9.17) is 27.9 Å². The lowest BCUT2D eigenvalue weighted by molar-refractivity contribution is -0.150. The molecule has 6 nitrogen and oxygen atoms in total. The van der Waals surface area contributed by atoms with Crippen molar-refractivity contribution in [1.82, 2.24) is 14.1 Å². The van der Waals surface area contributed by atoms with Crippen LogP contribution in [0.1, 0.15) is 27.6 Å². The Morgan fingerprint density at radius 1 is 1.03 bits per heavy atom. The van der Waals surface area contributed by atoms with Gasteiger partial charge in [0.25, 0.3) is 0 Å². The van der Waals surface area contributed by atoms with E-state index in [1.54, 1.807) is 54.8 Å². The van der Waals surface area contributed by atoms with Gasteiger partial charge in [0.15, 0.2) is 6.61 Å². The fourth-order valence-electron chi connectivity index (χ4n) is 3.96. The van der Waals surface area contributed by atoms with Gasteiger partial charge in [0, 0.05) is 32.7 Å². The average molecular weight is 524 g/mol. The van der Waals surface area contributed by atoms with E-state index in [9.17, 15) is 22.8 Å². The molecule has 2 aromatic carbocycles. The summed E-state index contributed by atoms with van der Waals surface area (Å²) in [5.74, 6) is -2.72. The maximum absolute atomic E-state index is 13.4. The Kier molecular flexibility index (Phi) is 6.66. The number of aromatic nitrogens is 3. The minimum absolute atomic E-state index is 0.0947. The molecular formula is C24H18Cl2F3N3O3. The number of alkyl halides is 3. The highest BCUT2D eigenvalue weighted by atomic mass is 35.5. The molecule has 35 heavy (non-hydrogen) atoms. The number of benzene rings is 2. The van der Waals surface area contributed by atoms with Gasteiger partial charge < -0.3 is 13.9 Å². The SMILES string of the molecule is Cc1cc(C(=O)COC(=O)Cn2c(C(F)(F)F)nc3ccccc32)c(C)n1-c1cc(Cl)cc(Cl)c1. The predicted molar refractivity (Wildman–Crippen MR) is 125 cm³/mol. The Morgan fingerprint density at radius 3 is 2.34 bits per heavy atom. The Morgan fingerprint density at radius 2 is 1.69 bits per heavy atom. The zero-order chi connectivity index (χ0) is 25.5. The van der Waals surface area contributed by atoms with Gasteiger partial charge in [-0.15, -0.1) is 0 Å². The Balaban J connectivity index is 1.52. The quantitative estimate of drug-likeness (QED) is 0.223. The third kappa shape index (κ3) is 5.06. The van der Waals surface area contributed by atoms with Crippen LogP contribution in [0.4, 0.5) is 13.2 Å². The summed E-state index contributed by atoms with van der Waals surface area (Å²) in [7, 11) is 0. The summed E-state index contributed by atoms with van der Waals surface area (Å²) >= 11 is 12.2. The number of ketones is 1. The van der Waals surface area contributed by atoms with E-state index in [-0.39, 0.29) is 11.0 Å². The summed E-state index contributed by atoms with van der Waals surface area (Å²) in [6, 6.07) is 12.5. The molecule has 0 amide bonds. The zero-order valence-electron chi connectivity index (χ0n) is 18.5. The fraction of sp³-hybridized carbons (Fsp3) is 0.208. The van der Waals surface area contributed by atoms with E-state index in [0.29, 0.717) is 27.0 Å². The van der Waals surface area contributed by atoms with Gasteiger partial charge in [0.05, 0.1) is 11.0 Å². The molecular weight excluding hydrogens is 506 g/mol. The predicted octanol–water partition coefficient (Wildman–Crippen LogP) is 6.20. The molecule has 4 rings (SSSR count). The molecule has 0 saturated heterocycles. The molecule has 0 radical (unpaired) electrons. The lowest BCUT2D eigenvalue weighted by Crippen LogP contribution is -2.22. The van der Waals surface area contributed by atoms with Gasteiger partial charge >= 0.3 is 12.1 Å². The van der Waals surface area contributed by atoms with Gasteiger partial charge in [-0.3, -0.25) is 9.59 Å². The second-order valence-electron chi connectivity index (χ2n) is 7.84. The number of Topliss-reactive ketones (excluding diaryl/α,β-unsaturated/α-hetero) is 1. The number of para-hydroxylation sites is 2. The number of aryl methyl sites for hydroxylation is 1. The summed E-state index contributed by atoms with van der Waals surface area (Å²) in [4.78, 5) is 28.8. The Bertz CT molecular complexity index is 1440. The maximum Gasteiger partial charge on any atom is 0.449 e. The van der Waals surface area contributed by atoms with Gasteiger partial charge in [-0.25, -0.2) is 4.98 Å². The van der Waals surface area contributed by atoms with Crippen LogP contribution >= 0.6 is 23.2 Å². The van der Waals surface area contributed by atoms with Crippen molar-refractivity contribution in [2.45, 2.75) is 26.6 Å². The van der Waals surface area contributed by atoms with Gasteiger partial charge in [0.2, 0.25) is 11.6 Å². The highest BCUT2D eigenvalue weighted by Crippen LogP contribution is 2.31. The van der Waals surface area contributed by atoms with Gasteiger partial charge in [-0.05, 0) is 50.2 Å². The smallest absolute Gasteiger partial charge is 0.449 e. The number of fused-ring (bicyclic) bond motifs is 1. The summed E-state index contributed by atoms with van der Waals surface area (Å²) in [6.45, 7) is 2.12. The number of imidazole rings is 1. The summed E-state index contributed by atoms with van der Waals surface area (Å²) < 4.78 is 47.9. The van der Waals surface area contributed by atoms with Crippen molar-refractivity contribution in [2.24, 2.45) is 0 Å². The van der Waals surface area contributed by atoms with Crippen LogP contribution in [0.3, 0.4) is 0 Å². The third-order valence-electron chi connectivity index (χ3n) is 5.40. The lowest BCUT2D eigenvalue weighted by Gasteiger charge is -2.12. The van der Waals surface area contributed by atoms with Crippen molar-refractivity contribution in [3.8, 4) is 5.69 Å². The number of hydrogen-bond donors (Lipinski definition) is 0. The molecule has 0 bridgehead atoms. The van der Waals surface area contributed by atoms with Crippen molar-refractivity contribution in [3.05, 3.63) is 81.4 Å². The molecule has 0 atom stereocenters.